The zero-order chi connectivity index (χ0) is 30.0. The molecule has 2 amide bonds. The Balaban J connectivity index is 1.40. The van der Waals surface area contributed by atoms with E-state index in [9.17, 15) is 24.0 Å². The van der Waals surface area contributed by atoms with Crippen LogP contribution in [0, 0.1) is 17.3 Å². The van der Waals surface area contributed by atoms with Crippen LogP contribution in [0.15, 0.2) is 60.7 Å². The van der Waals surface area contributed by atoms with Crippen molar-refractivity contribution in [1.82, 2.24) is 5.32 Å². The van der Waals surface area contributed by atoms with E-state index in [0.717, 1.165) is 21.2 Å². The van der Waals surface area contributed by atoms with Gasteiger partial charge >= 0.3 is 17.9 Å². The monoisotopic (exact) mass is 570 g/mol. The molecule has 0 bridgehead atoms. The highest BCUT2D eigenvalue weighted by Gasteiger charge is 2.67. The van der Waals surface area contributed by atoms with E-state index in [1.807, 2.05) is 42.5 Å². The summed E-state index contributed by atoms with van der Waals surface area (Å²) in [7, 11) is 3.67. The molecule has 3 aliphatic rings. The van der Waals surface area contributed by atoms with Crippen molar-refractivity contribution in [3.63, 3.8) is 0 Å². The quantitative estimate of drug-likeness (QED) is 0.213. The van der Waals surface area contributed by atoms with Gasteiger partial charge in [-0.3, -0.25) is 29.3 Å². The van der Waals surface area contributed by atoms with Crippen LogP contribution in [-0.2, 0) is 51.0 Å². The lowest BCUT2D eigenvalue weighted by Gasteiger charge is -2.29. The molecule has 0 spiro atoms. The van der Waals surface area contributed by atoms with Crippen LogP contribution >= 0.6 is 0 Å². The van der Waals surface area contributed by atoms with Gasteiger partial charge in [0, 0.05) is 6.04 Å². The number of hydrogen-bond acceptors (Lipinski definition) is 9. The van der Waals surface area contributed by atoms with E-state index in [1.54, 1.807) is 25.1 Å². The van der Waals surface area contributed by atoms with Crippen LogP contribution in [-0.4, -0.2) is 56.6 Å². The van der Waals surface area contributed by atoms with Crippen LogP contribution in [0.5, 0.6) is 0 Å². The van der Waals surface area contributed by atoms with Gasteiger partial charge in [-0.15, -0.1) is 0 Å². The highest BCUT2D eigenvalue weighted by Crippen LogP contribution is 2.51. The van der Waals surface area contributed by atoms with Gasteiger partial charge in [0.25, 0.3) is 0 Å². The Morgan fingerprint density at radius 2 is 1.43 bits per heavy atom. The highest BCUT2D eigenvalue weighted by molar-refractivity contribution is 6.24. The number of benzene rings is 3. The highest BCUT2D eigenvalue weighted by atomic mass is 16.5. The van der Waals surface area contributed by atoms with E-state index in [-0.39, 0.29) is 12.8 Å². The summed E-state index contributed by atoms with van der Waals surface area (Å²) in [5, 5.41) is 5.27. The third kappa shape index (κ3) is 3.78. The first-order chi connectivity index (χ1) is 20.1. The topological polar surface area (TPSA) is 128 Å². The number of fused-ring (bicyclic) bond motifs is 3. The number of carbonyl (C=O) groups excluding carboxylic acids is 5. The lowest BCUT2D eigenvalue weighted by atomic mass is 9.80. The Labute approximate surface area is 241 Å². The minimum atomic E-state index is -1.55. The Bertz CT molecular complexity index is 1670. The van der Waals surface area contributed by atoms with Gasteiger partial charge in [0.15, 0.2) is 5.41 Å². The summed E-state index contributed by atoms with van der Waals surface area (Å²) in [4.78, 5) is 67.9. The predicted octanol–water partition coefficient (Wildman–Crippen LogP) is 2.65. The molecule has 2 aliphatic heterocycles. The van der Waals surface area contributed by atoms with Crippen molar-refractivity contribution in [2.75, 3.05) is 26.2 Å². The summed E-state index contributed by atoms with van der Waals surface area (Å²) >= 11 is 0. The van der Waals surface area contributed by atoms with Gasteiger partial charge in [-0.25, -0.2) is 4.90 Å². The molecule has 2 fully saturated rings. The van der Waals surface area contributed by atoms with Crippen molar-refractivity contribution in [1.29, 1.82) is 0 Å². The predicted molar refractivity (Wildman–Crippen MR) is 150 cm³/mol. The second kappa shape index (κ2) is 9.77. The number of anilines is 1. The smallest absolute Gasteiger partial charge is 0.326 e. The molecule has 1 aliphatic carbocycles. The molecule has 2 heterocycles. The van der Waals surface area contributed by atoms with Crippen molar-refractivity contribution in [3.05, 3.63) is 77.4 Å². The Morgan fingerprint density at radius 3 is 2.10 bits per heavy atom. The number of ether oxygens (including phenoxy) is 3. The summed E-state index contributed by atoms with van der Waals surface area (Å²) in [5.74, 6) is -4.95. The van der Waals surface area contributed by atoms with Crippen LogP contribution in [0.4, 0.5) is 5.69 Å². The third-order valence-electron chi connectivity index (χ3n) is 9.11. The van der Waals surface area contributed by atoms with Crippen LogP contribution in [0.3, 0.4) is 0 Å². The van der Waals surface area contributed by atoms with E-state index < -0.39 is 58.6 Å². The number of carbonyl (C=O) groups is 5. The fourth-order valence-corrected chi connectivity index (χ4v) is 7.04. The minimum Gasteiger partial charge on any atom is -0.468 e. The number of methoxy groups -OCH3 is 3. The zero-order valence-corrected chi connectivity index (χ0v) is 23.6. The maximum Gasteiger partial charge on any atom is 0.326 e. The molecule has 1 N–H and O–H groups in total. The maximum atomic E-state index is 14.1. The average Bonchev–Trinajstić information content (AvgIpc) is 3.64. The summed E-state index contributed by atoms with van der Waals surface area (Å²) in [5.41, 5.74) is -0.597. The molecule has 2 saturated heterocycles. The molecule has 0 radical (unpaired) electrons. The van der Waals surface area contributed by atoms with Gasteiger partial charge in [-0.05, 0) is 65.4 Å². The molecule has 6 rings (SSSR count). The van der Waals surface area contributed by atoms with Crippen LogP contribution in [0.2, 0.25) is 0 Å². The van der Waals surface area contributed by atoms with Crippen molar-refractivity contribution in [3.8, 4) is 0 Å². The van der Waals surface area contributed by atoms with Crippen LogP contribution < -0.4 is 10.2 Å². The number of esters is 3. The molecule has 4 atom stereocenters. The number of imide groups is 1. The summed E-state index contributed by atoms with van der Waals surface area (Å²) < 4.78 is 15.0. The molecular weight excluding hydrogens is 540 g/mol. The maximum absolute atomic E-state index is 14.1. The van der Waals surface area contributed by atoms with Gasteiger partial charge < -0.3 is 14.2 Å². The molecule has 10 nitrogen and oxygen atoms in total. The van der Waals surface area contributed by atoms with Crippen LogP contribution in [0.25, 0.3) is 10.8 Å². The van der Waals surface area contributed by atoms with Gasteiger partial charge in [0.2, 0.25) is 11.8 Å². The van der Waals surface area contributed by atoms with Gasteiger partial charge in [-0.1, -0.05) is 42.5 Å². The first kappa shape index (κ1) is 27.6. The number of nitrogens with one attached hydrogen (secondary N) is 1. The van der Waals surface area contributed by atoms with Crippen molar-refractivity contribution >= 4 is 46.2 Å². The second-order valence-electron chi connectivity index (χ2n) is 11.3. The lowest BCUT2D eigenvalue weighted by molar-refractivity contribution is -0.168. The minimum absolute atomic E-state index is 0.000254. The van der Waals surface area contributed by atoms with E-state index in [4.69, 9.17) is 14.2 Å². The molecule has 0 saturated carbocycles. The number of amides is 2. The first-order valence-electron chi connectivity index (χ1n) is 13.6. The van der Waals surface area contributed by atoms with Crippen molar-refractivity contribution in [2.24, 2.45) is 17.3 Å². The molecule has 216 valence electrons. The average molecular weight is 571 g/mol. The molecule has 3 aromatic carbocycles. The van der Waals surface area contributed by atoms with E-state index in [0.29, 0.717) is 16.8 Å². The first-order valence-corrected chi connectivity index (χ1v) is 13.6. The van der Waals surface area contributed by atoms with Gasteiger partial charge in [-0.2, -0.15) is 0 Å². The molecule has 10 heteroatoms. The van der Waals surface area contributed by atoms with Crippen molar-refractivity contribution in [2.45, 2.75) is 31.3 Å². The summed E-state index contributed by atoms with van der Waals surface area (Å²) in [6.07, 6.45) is 0.0726. The fourth-order valence-electron chi connectivity index (χ4n) is 7.04. The third-order valence-corrected chi connectivity index (χ3v) is 9.11. The number of rotatable bonds is 5. The van der Waals surface area contributed by atoms with Gasteiger partial charge in [0.05, 0.1) is 38.9 Å². The summed E-state index contributed by atoms with van der Waals surface area (Å²) in [6, 6.07) is 17.9. The molecule has 0 unspecified atom stereocenters. The van der Waals surface area contributed by atoms with Crippen LogP contribution in [0.1, 0.15) is 29.7 Å². The molecule has 0 aromatic heterocycles. The SMILES string of the molecule is COC(=O)C1(C(=O)OC)Cc2ccc(N3C(=O)[C@H]4[C@@H](C3=O)[C@@](C)(C(=O)OC)N[C@H]4c3ccc4ccccc4c3)cc2C1. The summed E-state index contributed by atoms with van der Waals surface area (Å²) in [6.45, 7) is 1.59. The lowest BCUT2D eigenvalue weighted by Crippen LogP contribution is -2.54. The fraction of sp³-hybridized carbons (Fsp3) is 0.344. The molecular formula is C32H30N2O8. The number of nitrogens with zero attached hydrogens (tertiary/aromatic N) is 1. The van der Waals surface area contributed by atoms with E-state index in [1.165, 1.54) is 21.3 Å². The Hall–Kier alpha value is -4.57. The Kier molecular flexibility index (Phi) is 6.42. The van der Waals surface area contributed by atoms with Crippen molar-refractivity contribution < 1.29 is 38.2 Å². The van der Waals surface area contributed by atoms with Gasteiger partial charge in [0.1, 0.15) is 5.54 Å². The normalized spacial score (nSPS) is 25.7. The Morgan fingerprint density at radius 1 is 0.786 bits per heavy atom. The second-order valence-corrected chi connectivity index (χ2v) is 11.3. The molecule has 42 heavy (non-hydrogen) atoms. The molecule has 3 aromatic rings. The number of hydrogen-bond donors (Lipinski definition) is 1. The standard InChI is InChI=1S/C32H30N2O8/c1-31(28(37)40-2)24-23(25(33-31)19-10-9-17-7-5-6-8-18(17)13-19)26(35)34(27(24)36)22-12-11-20-15-32(29(38)41-3,30(39)42-4)16-21(20)14-22/h5-14,23-25,33H,15-16H2,1-4H3/t23-,24-,25-,31-/m0/s1. The van der Waals surface area contributed by atoms with E-state index in [2.05, 4.69) is 5.32 Å². The van der Waals surface area contributed by atoms with E-state index >= 15 is 0 Å². The zero-order valence-electron chi connectivity index (χ0n) is 23.6. The largest absolute Gasteiger partial charge is 0.468 e.